The lowest BCUT2D eigenvalue weighted by Crippen LogP contribution is -2.33. The molecule has 0 bridgehead atoms. The summed E-state index contributed by atoms with van der Waals surface area (Å²) in [5.41, 5.74) is -0.106. The molecule has 0 aliphatic heterocycles. The number of sulfonamides is 1. The van der Waals surface area contributed by atoms with Gasteiger partial charge in [0.25, 0.3) is 0 Å². The molecule has 0 radical (unpaired) electrons. The Morgan fingerprint density at radius 3 is 2.35 bits per heavy atom. The van der Waals surface area contributed by atoms with Crippen LogP contribution < -0.4 is 10.2 Å². The fraction of sp³-hybridized carbons (Fsp3) is 0.333. The molecule has 0 aliphatic rings. The van der Waals surface area contributed by atoms with E-state index < -0.39 is 27.9 Å². The molecule has 0 aliphatic carbocycles. The van der Waals surface area contributed by atoms with E-state index in [1.54, 1.807) is 13.8 Å². The van der Waals surface area contributed by atoms with Crippen LogP contribution in [-0.2, 0) is 10.0 Å². The molecule has 0 aromatic heterocycles. The Morgan fingerprint density at radius 2 is 1.94 bits per heavy atom. The van der Waals surface area contributed by atoms with Crippen LogP contribution in [0.25, 0.3) is 0 Å². The summed E-state index contributed by atoms with van der Waals surface area (Å²) in [5.74, 6) is -1.02. The van der Waals surface area contributed by atoms with Crippen LogP contribution in [0.15, 0.2) is 23.1 Å². The van der Waals surface area contributed by atoms with Gasteiger partial charge in [0.1, 0.15) is 10.7 Å². The van der Waals surface area contributed by atoms with Gasteiger partial charge in [-0.3, -0.25) is 0 Å². The van der Waals surface area contributed by atoms with Gasteiger partial charge in [-0.05, 0) is 31.4 Å². The van der Waals surface area contributed by atoms with Crippen LogP contribution in [0.3, 0.4) is 0 Å². The number of halogens is 1. The van der Waals surface area contributed by atoms with Gasteiger partial charge in [0, 0.05) is 6.04 Å². The first-order valence-corrected chi connectivity index (χ1v) is 6.40. The summed E-state index contributed by atoms with van der Waals surface area (Å²) in [7, 11) is -5.75. The highest BCUT2D eigenvalue weighted by molar-refractivity contribution is 7.89. The topological polar surface area (TPSA) is 86.6 Å². The Kier molecular flexibility index (Phi) is 4.26. The summed E-state index contributed by atoms with van der Waals surface area (Å²) in [5, 5.41) is 17.6. The molecular formula is C9H13BFNO4S. The maximum absolute atomic E-state index is 13.5. The molecule has 0 amide bonds. The third-order valence-electron chi connectivity index (χ3n) is 1.93. The molecule has 0 saturated carbocycles. The van der Waals surface area contributed by atoms with Crippen LogP contribution in [-0.4, -0.2) is 31.6 Å². The fourth-order valence-corrected chi connectivity index (χ4v) is 2.58. The van der Waals surface area contributed by atoms with Crippen molar-refractivity contribution in [3.63, 3.8) is 0 Å². The van der Waals surface area contributed by atoms with Crippen molar-refractivity contribution in [1.82, 2.24) is 4.72 Å². The van der Waals surface area contributed by atoms with Crippen LogP contribution in [0.1, 0.15) is 13.8 Å². The molecule has 0 heterocycles. The lowest BCUT2D eigenvalue weighted by atomic mass is 9.80. The van der Waals surface area contributed by atoms with Crippen molar-refractivity contribution >= 4 is 22.6 Å². The van der Waals surface area contributed by atoms with Crippen molar-refractivity contribution < 1.29 is 22.9 Å². The number of benzene rings is 1. The van der Waals surface area contributed by atoms with Gasteiger partial charge in [-0.1, -0.05) is 6.07 Å². The van der Waals surface area contributed by atoms with Gasteiger partial charge in [0.2, 0.25) is 10.0 Å². The third kappa shape index (κ3) is 3.50. The molecular weight excluding hydrogens is 248 g/mol. The van der Waals surface area contributed by atoms with E-state index in [0.29, 0.717) is 0 Å². The van der Waals surface area contributed by atoms with Crippen molar-refractivity contribution in [3.8, 4) is 0 Å². The fourth-order valence-electron chi connectivity index (χ4n) is 1.27. The normalized spacial score (nSPS) is 11.9. The van der Waals surface area contributed by atoms with Gasteiger partial charge in [0.05, 0.1) is 0 Å². The van der Waals surface area contributed by atoms with Crippen molar-refractivity contribution in [2.24, 2.45) is 0 Å². The van der Waals surface area contributed by atoms with Crippen LogP contribution >= 0.6 is 0 Å². The highest BCUT2D eigenvalue weighted by Gasteiger charge is 2.22. The summed E-state index contributed by atoms with van der Waals surface area (Å²) < 4.78 is 39.1. The Bertz CT molecular complexity index is 504. The molecule has 1 rings (SSSR count). The maximum atomic E-state index is 13.5. The summed E-state index contributed by atoms with van der Waals surface area (Å²) >= 11 is 0. The van der Waals surface area contributed by atoms with Gasteiger partial charge in [-0.25, -0.2) is 17.5 Å². The summed E-state index contributed by atoms with van der Waals surface area (Å²) in [6.45, 7) is 3.22. The summed E-state index contributed by atoms with van der Waals surface area (Å²) in [6, 6.07) is 2.55. The monoisotopic (exact) mass is 261 g/mol. The lowest BCUT2D eigenvalue weighted by molar-refractivity contribution is 0.425. The number of rotatable bonds is 4. The summed E-state index contributed by atoms with van der Waals surface area (Å²) in [4.78, 5) is -0.518. The average Bonchev–Trinajstić information content (AvgIpc) is 2.14. The van der Waals surface area contributed by atoms with Crippen molar-refractivity contribution in [2.45, 2.75) is 24.8 Å². The summed E-state index contributed by atoms with van der Waals surface area (Å²) in [6.07, 6.45) is 0. The van der Waals surface area contributed by atoms with Gasteiger partial charge in [-0.2, -0.15) is 0 Å². The Hall–Kier alpha value is -0.955. The standard InChI is InChI=1S/C9H13BFNO4S/c1-6(2)12-17(15,16)9-4-3-7(10(13)14)5-8(9)11/h3-6,12-14H,1-2H3. The van der Waals surface area contributed by atoms with Crippen molar-refractivity contribution in [3.05, 3.63) is 24.0 Å². The molecule has 0 saturated heterocycles. The Morgan fingerprint density at radius 1 is 1.35 bits per heavy atom. The maximum Gasteiger partial charge on any atom is 0.488 e. The minimum atomic E-state index is -3.92. The molecule has 1 aromatic rings. The minimum absolute atomic E-state index is 0.106. The molecule has 0 atom stereocenters. The van der Waals surface area contributed by atoms with Crippen molar-refractivity contribution in [1.29, 1.82) is 0 Å². The van der Waals surface area contributed by atoms with Gasteiger partial charge in [-0.15, -0.1) is 0 Å². The van der Waals surface area contributed by atoms with Crippen molar-refractivity contribution in [2.75, 3.05) is 0 Å². The molecule has 3 N–H and O–H groups in total. The van der Waals surface area contributed by atoms with Crippen LogP contribution in [0, 0.1) is 5.82 Å². The minimum Gasteiger partial charge on any atom is -0.423 e. The zero-order chi connectivity index (χ0) is 13.2. The second kappa shape index (κ2) is 5.13. The molecule has 0 unspecified atom stereocenters. The first kappa shape index (κ1) is 14.1. The van der Waals surface area contributed by atoms with E-state index in [4.69, 9.17) is 10.0 Å². The molecule has 0 spiro atoms. The van der Waals surface area contributed by atoms with E-state index >= 15 is 0 Å². The highest BCUT2D eigenvalue weighted by atomic mass is 32.2. The predicted molar refractivity (Wildman–Crippen MR) is 61.7 cm³/mol. The van der Waals surface area contributed by atoms with E-state index in [9.17, 15) is 12.8 Å². The van der Waals surface area contributed by atoms with Crippen LogP contribution in [0.4, 0.5) is 4.39 Å². The quantitative estimate of drug-likeness (QED) is 0.619. The largest absolute Gasteiger partial charge is 0.488 e. The van der Waals surface area contributed by atoms with E-state index in [2.05, 4.69) is 4.72 Å². The van der Waals surface area contributed by atoms with E-state index in [-0.39, 0.29) is 11.5 Å². The predicted octanol–water partition coefficient (Wildman–Crippen LogP) is -0.808. The first-order chi connectivity index (χ1) is 7.74. The number of hydrogen-bond acceptors (Lipinski definition) is 4. The van der Waals surface area contributed by atoms with Gasteiger partial charge in [0.15, 0.2) is 0 Å². The highest BCUT2D eigenvalue weighted by Crippen LogP contribution is 2.12. The van der Waals surface area contributed by atoms with Crippen LogP contribution in [0.2, 0.25) is 0 Å². The Balaban J connectivity index is 3.16. The second-order valence-electron chi connectivity index (χ2n) is 3.84. The molecule has 17 heavy (non-hydrogen) atoms. The third-order valence-corrected chi connectivity index (χ3v) is 3.63. The average molecular weight is 261 g/mol. The molecule has 1 aromatic carbocycles. The lowest BCUT2D eigenvalue weighted by Gasteiger charge is -2.11. The zero-order valence-corrected chi connectivity index (χ0v) is 10.2. The molecule has 8 heteroatoms. The molecule has 94 valence electrons. The number of hydrogen-bond donors (Lipinski definition) is 3. The molecule has 0 fully saturated rings. The van der Waals surface area contributed by atoms with E-state index in [1.165, 1.54) is 0 Å². The number of nitrogens with one attached hydrogen (secondary N) is 1. The second-order valence-corrected chi connectivity index (χ2v) is 5.52. The first-order valence-electron chi connectivity index (χ1n) is 4.92. The van der Waals surface area contributed by atoms with Crippen LogP contribution in [0.5, 0.6) is 0 Å². The van der Waals surface area contributed by atoms with E-state index in [0.717, 1.165) is 18.2 Å². The SMILES string of the molecule is CC(C)NS(=O)(=O)c1ccc(B(O)O)cc1F. The van der Waals surface area contributed by atoms with Gasteiger partial charge < -0.3 is 10.0 Å². The van der Waals surface area contributed by atoms with E-state index in [1.807, 2.05) is 0 Å². The smallest absolute Gasteiger partial charge is 0.423 e. The van der Waals surface area contributed by atoms with Gasteiger partial charge >= 0.3 is 7.12 Å². The molecule has 5 nitrogen and oxygen atoms in total. The Labute approximate surface area is 99.5 Å². The zero-order valence-electron chi connectivity index (χ0n) is 9.38.